The first-order chi connectivity index (χ1) is 7.84. The zero-order valence-corrected chi connectivity index (χ0v) is 10.4. The van der Waals surface area contributed by atoms with Gasteiger partial charge in [-0.25, -0.2) is 0 Å². The van der Waals surface area contributed by atoms with Gasteiger partial charge >= 0.3 is 0 Å². The number of aromatic nitrogens is 1. The van der Waals surface area contributed by atoms with Crippen molar-refractivity contribution >= 4 is 0 Å². The van der Waals surface area contributed by atoms with E-state index in [1.165, 1.54) is 50.5 Å². The van der Waals surface area contributed by atoms with Gasteiger partial charge in [-0.2, -0.15) is 0 Å². The van der Waals surface area contributed by atoms with E-state index in [2.05, 4.69) is 35.4 Å². The summed E-state index contributed by atoms with van der Waals surface area (Å²) in [5.74, 6) is 0. The summed E-state index contributed by atoms with van der Waals surface area (Å²) in [4.78, 5) is 0. The zero-order valence-electron chi connectivity index (χ0n) is 10.4. The van der Waals surface area contributed by atoms with Gasteiger partial charge in [0.25, 0.3) is 0 Å². The zero-order chi connectivity index (χ0) is 11.2. The molecule has 1 aliphatic rings. The Kier molecular flexibility index (Phi) is 4.46. The summed E-state index contributed by atoms with van der Waals surface area (Å²) in [7, 11) is 2.08. The number of nitrogens with zero attached hydrogens (tertiary/aromatic N) is 1. The quantitative estimate of drug-likeness (QED) is 0.827. The molecule has 1 aromatic rings. The van der Waals surface area contributed by atoms with Gasteiger partial charge in [-0.1, -0.05) is 32.1 Å². The summed E-state index contributed by atoms with van der Waals surface area (Å²) in [6, 6.07) is 2.95. The van der Waals surface area contributed by atoms with Crippen LogP contribution in [0.15, 0.2) is 18.5 Å². The molecule has 0 bridgehead atoms. The fraction of sp³-hybridized carbons (Fsp3) is 0.714. The number of aryl methyl sites for hydroxylation is 1. The van der Waals surface area contributed by atoms with Crippen LogP contribution in [-0.4, -0.2) is 10.6 Å². The lowest BCUT2D eigenvalue weighted by atomic mass is 9.96. The molecule has 1 aromatic heterocycles. The molecule has 2 heteroatoms. The van der Waals surface area contributed by atoms with E-state index in [0.29, 0.717) is 0 Å². The minimum Gasteiger partial charge on any atom is -0.357 e. The highest BCUT2D eigenvalue weighted by Gasteiger charge is 2.10. The maximum absolute atomic E-state index is 3.71. The highest BCUT2D eigenvalue weighted by molar-refractivity contribution is 5.09. The van der Waals surface area contributed by atoms with Crippen LogP contribution < -0.4 is 5.32 Å². The first-order valence-electron chi connectivity index (χ1n) is 6.69. The van der Waals surface area contributed by atoms with Crippen LogP contribution in [-0.2, 0) is 13.6 Å². The number of hydrogen-bond acceptors (Lipinski definition) is 1. The molecule has 2 rings (SSSR count). The molecule has 0 aromatic carbocycles. The van der Waals surface area contributed by atoms with Crippen molar-refractivity contribution in [3.05, 3.63) is 24.0 Å². The van der Waals surface area contributed by atoms with Gasteiger partial charge in [-0.05, 0) is 24.5 Å². The summed E-state index contributed by atoms with van der Waals surface area (Å²) in [5.41, 5.74) is 1.41. The molecule has 1 fully saturated rings. The lowest BCUT2D eigenvalue weighted by molar-refractivity contribution is 0.389. The molecule has 0 atom stereocenters. The highest BCUT2D eigenvalue weighted by Crippen LogP contribution is 2.17. The van der Waals surface area contributed by atoms with Crippen LogP contribution in [0.1, 0.15) is 50.5 Å². The van der Waals surface area contributed by atoms with E-state index in [1.807, 2.05) is 0 Å². The Morgan fingerprint density at radius 3 is 2.50 bits per heavy atom. The summed E-state index contributed by atoms with van der Waals surface area (Å²) in [6.45, 7) is 1.03. The van der Waals surface area contributed by atoms with Crippen molar-refractivity contribution in [2.24, 2.45) is 7.05 Å². The molecule has 1 heterocycles. The number of rotatable bonds is 3. The van der Waals surface area contributed by atoms with Gasteiger partial charge < -0.3 is 9.88 Å². The smallest absolute Gasteiger partial charge is 0.0223 e. The minimum absolute atomic E-state index is 0.750. The number of nitrogens with one attached hydrogen (secondary N) is 1. The molecule has 2 nitrogen and oxygen atoms in total. The third kappa shape index (κ3) is 3.67. The Morgan fingerprint density at radius 1 is 1.19 bits per heavy atom. The molecule has 0 saturated heterocycles. The van der Waals surface area contributed by atoms with Gasteiger partial charge in [-0.15, -0.1) is 0 Å². The normalized spacial score (nSPS) is 19.3. The third-order valence-corrected chi connectivity index (χ3v) is 3.59. The third-order valence-electron chi connectivity index (χ3n) is 3.59. The van der Waals surface area contributed by atoms with Crippen molar-refractivity contribution in [1.82, 2.24) is 9.88 Å². The highest BCUT2D eigenvalue weighted by atomic mass is 14.9. The van der Waals surface area contributed by atoms with Gasteiger partial charge in [-0.3, -0.25) is 0 Å². The summed E-state index contributed by atoms with van der Waals surface area (Å²) < 4.78 is 2.12. The second-order valence-corrected chi connectivity index (χ2v) is 5.11. The van der Waals surface area contributed by atoms with Crippen LogP contribution in [0.4, 0.5) is 0 Å². The van der Waals surface area contributed by atoms with E-state index in [1.54, 1.807) is 0 Å². The molecule has 0 unspecified atom stereocenters. The topological polar surface area (TPSA) is 17.0 Å². The molecule has 0 spiro atoms. The van der Waals surface area contributed by atoms with E-state index in [9.17, 15) is 0 Å². The van der Waals surface area contributed by atoms with Gasteiger partial charge in [0.15, 0.2) is 0 Å². The Balaban J connectivity index is 1.75. The molecule has 16 heavy (non-hydrogen) atoms. The Hall–Kier alpha value is -0.760. The molecule has 0 aliphatic heterocycles. The van der Waals surface area contributed by atoms with Crippen molar-refractivity contribution in [2.75, 3.05) is 0 Å². The monoisotopic (exact) mass is 220 g/mol. The van der Waals surface area contributed by atoms with Gasteiger partial charge in [0.05, 0.1) is 0 Å². The van der Waals surface area contributed by atoms with Crippen LogP contribution in [0.25, 0.3) is 0 Å². The van der Waals surface area contributed by atoms with Crippen LogP contribution >= 0.6 is 0 Å². The van der Waals surface area contributed by atoms with Crippen molar-refractivity contribution < 1.29 is 0 Å². The van der Waals surface area contributed by atoms with E-state index in [0.717, 1.165) is 12.6 Å². The molecular weight excluding hydrogens is 196 g/mol. The van der Waals surface area contributed by atoms with Crippen molar-refractivity contribution in [1.29, 1.82) is 0 Å². The lowest BCUT2D eigenvalue weighted by Gasteiger charge is -2.20. The predicted octanol–water partition coefficient (Wildman–Crippen LogP) is 3.23. The van der Waals surface area contributed by atoms with Crippen molar-refractivity contribution in [2.45, 2.75) is 57.5 Å². The average molecular weight is 220 g/mol. The van der Waals surface area contributed by atoms with Crippen LogP contribution in [0.5, 0.6) is 0 Å². The Bertz CT molecular complexity index is 295. The fourth-order valence-electron chi connectivity index (χ4n) is 2.59. The first kappa shape index (κ1) is 11.7. The van der Waals surface area contributed by atoms with E-state index in [4.69, 9.17) is 0 Å². The molecular formula is C14H24N2. The summed E-state index contributed by atoms with van der Waals surface area (Å²) in [5, 5.41) is 3.71. The van der Waals surface area contributed by atoms with E-state index >= 15 is 0 Å². The average Bonchev–Trinajstić information content (AvgIpc) is 2.63. The van der Waals surface area contributed by atoms with E-state index < -0.39 is 0 Å². The largest absolute Gasteiger partial charge is 0.357 e. The molecule has 90 valence electrons. The second-order valence-electron chi connectivity index (χ2n) is 5.11. The van der Waals surface area contributed by atoms with Gasteiger partial charge in [0.2, 0.25) is 0 Å². The SMILES string of the molecule is Cn1ccc(CNC2CCCCCCC2)c1. The molecule has 1 saturated carbocycles. The van der Waals surface area contributed by atoms with Crippen molar-refractivity contribution in [3.8, 4) is 0 Å². The minimum atomic E-state index is 0.750. The molecule has 0 radical (unpaired) electrons. The van der Waals surface area contributed by atoms with Gasteiger partial charge in [0.1, 0.15) is 0 Å². The molecule has 1 N–H and O–H groups in total. The Labute approximate surface area is 99.0 Å². The van der Waals surface area contributed by atoms with Crippen LogP contribution in [0.3, 0.4) is 0 Å². The van der Waals surface area contributed by atoms with Crippen LogP contribution in [0.2, 0.25) is 0 Å². The molecule has 0 amide bonds. The maximum Gasteiger partial charge on any atom is 0.0223 e. The standard InChI is InChI=1S/C14H24N2/c1-16-10-9-13(12-16)11-15-14-7-5-3-2-4-6-8-14/h9-10,12,14-15H,2-8,11H2,1H3. The summed E-state index contributed by atoms with van der Waals surface area (Å²) in [6.07, 6.45) is 14.2. The second kappa shape index (κ2) is 6.09. The maximum atomic E-state index is 3.71. The van der Waals surface area contributed by atoms with Crippen LogP contribution in [0, 0.1) is 0 Å². The predicted molar refractivity (Wildman–Crippen MR) is 68.4 cm³/mol. The lowest BCUT2D eigenvalue weighted by Crippen LogP contribution is -2.29. The fourth-order valence-corrected chi connectivity index (χ4v) is 2.59. The number of hydrogen-bond donors (Lipinski definition) is 1. The van der Waals surface area contributed by atoms with E-state index in [-0.39, 0.29) is 0 Å². The van der Waals surface area contributed by atoms with Gasteiger partial charge in [0, 0.05) is 32.0 Å². The molecule has 1 aliphatic carbocycles. The Morgan fingerprint density at radius 2 is 1.88 bits per heavy atom. The van der Waals surface area contributed by atoms with Crippen molar-refractivity contribution in [3.63, 3.8) is 0 Å². The summed E-state index contributed by atoms with van der Waals surface area (Å²) >= 11 is 0. The first-order valence-corrected chi connectivity index (χ1v) is 6.69.